The monoisotopic (exact) mass is 591 g/mol. The molecule has 0 radical (unpaired) electrons. The molecule has 8 nitrogen and oxygen atoms in total. The smallest absolute Gasteiger partial charge is 0.383 e. The van der Waals surface area contributed by atoms with E-state index < -0.39 is 29.2 Å². The lowest BCUT2D eigenvalue weighted by Gasteiger charge is -2.24. The fraction of sp³-hybridized carbons (Fsp3) is 0.393. The number of aromatic nitrogens is 3. The van der Waals surface area contributed by atoms with Crippen LogP contribution in [-0.4, -0.2) is 68.3 Å². The van der Waals surface area contributed by atoms with Crippen LogP contribution in [0.4, 0.5) is 29.1 Å². The van der Waals surface area contributed by atoms with Gasteiger partial charge in [0, 0.05) is 48.5 Å². The van der Waals surface area contributed by atoms with Crippen LogP contribution in [0.15, 0.2) is 43.1 Å². The van der Waals surface area contributed by atoms with Crippen LogP contribution in [-0.2, 0) is 7.05 Å². The Morgan fingerprint density at radius 1 is 1.32 bits per heavy atom. The van der Waals surface area contributed by atoms with Gasteiger partial charge >= 0.3 is 6.18 Å². The van der Waals surface area contributed by atoms with E-state index in [-0.39, 0.29) is 40.7 Å². The molecule has 41 heavy (non-hydrogen) atoms. The van der Waals surface area contributed by atoms with Crippen molar-refractivity contribution in [1.82, 2.24) is 25.0 Å². The minimum absolute atomic E-state index is 0.0670. The second-order valence-corrected chi connectivity index (χ2v) is 11.1. The van der Waals surface area contributed by atoms with Gasteiger partial charge < -0.3 is 16.4 Å². The summed E-state index contributed by atoms with van der Waals surface area (Å²) >= 11 is 1.20. The van der Waals surface area contributed by atoms with Gasteiger partial charge in [0.2, 0.25) is 0 Å². The zero-order valence-corrected chi connectivity index (χ0v) is 23.8. The summed E-state index contributed by atoms with van der Waals surface area (Å²) in [5.74, 6) is 0.324. The molecule has 1 saturated heterocycles. The number of nitrogen functional groups attached to an aromatic ring is 1. The predicted molar refractivity (Wildman–Crippen MR) is 157 cm³/mol. The van der Waals surface area contributed by atoms with Gasteiger partial charge in [-0.05, 0) is 38.5 Å². The Bertz CT molecular complexity index is 1450. The quantitative estimate of drug-likeness (QED) is 0.300. The summed E-state index contributed by atoms with van der Waals surface area (Å²) in [6, 6.07) is 6.25. The van der Waals surface area contributed by atoms with Crippen molar-refractivity contribution < 1.29 is 22.4 Å². The van der Waals surface area contributed by atoms with E-state index in [4.69, 9.17) is 5.73 Å². The minimum atomic E-state index is -4.70. The van der Waals surface area contributed by atoms with E-state index in [1.165, 1.54) is 28.7 Å². The maximum Gasteiger partial charge on any atom is 0.417 e. The Balaban J connectivity index is 1.63. The van der Waals surface area contributed by atoms with Crippen molar-refractivity contribution in [2.75, 3.05) is 30.0 Å². The molecule has 3 aromatic rings. The van der Waals surface area contributed by atoms with Gasteiger partial charge in [-0.25, -0.2) is 9.37 Å². The van der Waals surface area contributed by atoms with Crippen LogP contribution >= 0.6 is 11.8 Å². The van der Waals surface area contributed by atoms with E-state index in [0.717, 1.165) is 0 Å². The molecule has 220 valence electrons. The van der Waals surface area contributed by atoms with Crippen LogP contribution in [0.2, 0.25) is 0 Å². The number of hydrogen-bond acceptors (Lipinski definition) is 7. The molecule has 1 amide bonds. The van der Waals surface area contributed by atoms with Crippen molar-refractivity contribution >= 4 is 51.6 Å². The number of nitrogens with zero attached hydrogens (tertiary/aromatic N) is 4. The highest BCUT2D eigenvalue weighted by atomic mass is 32.2. The molecule has 1 aliphatic rings. The summed E-state index contributed by atoms with van der Waals surface area (Å²) in [6.07, 6.45) is 0.248. The highest BCUT2D eigenvalue weighted by molar-refractivity contribution is 7.99. The third-order valence-electron chi connectivity index (χ3n) is 6.94. The number of allylic oxidation sites excluding steroid dienone is 1. The van der Waals surface area contributed by atoms with Gasteiger partial charge in [0.05, 0.1) is 29.2 Å². The Kier molecular flexibility index (Phi) is 9.27. The molecule has 0 bridgehead atoms. The molecule has 3 heterocycles. The number of thioether (sulfide) groups is 1. The fourth-order valence-corrected chi connectivity index (χ4v) is 5.65. The third kappa shape index (κ3) is 7.02. The van der Waals surface area contributed by atoms with E-state index in [2.05, 4.69) is 46.0 Å². The number of carbonyl (C=O) groups excluding carboxylic acids is 1. The molecular weight excluding hydrogens is 558 g/mol. The predicted octanol–water partition coefficient (Wildman–Crippen LogP) is 5.45. The molecule has 0 unspecified atom stereocenters. The maximum absolute atomic E-state index is 15.1. The third-order valence-corrected chi connectivity index (χ3v) is 8.06. The molecule has 0 spiro atoms. The van der Waals surface area contributed by atoms with Crippen LogP contribution < -0.4 is 16.4 Å². The first-order chi connectivity index (χ1) is 19.4. The Hall–Kier alpha value is -3.58. The first kappa shape index (κ1) is 30.4. The number of rotatable bonds is 8. The lowest BCUT2D eigenvalue weighted by atomic mass is 10.0. The van der Waals surface area contributed by atoms with Crippen LogP contribution in [0.1, 0.15) is 42.0 Å². The number of fused-ring (bicyclic) bond motifs is 1. The molecule has 2 atom stereocenters. The normalized spacial score (nSPS) is 18.6. The second-order valence-electron chi connectivity index (χ2n) is 10.0. The van der Waals surface area contributed by atoms with Gasteiger partial charge in [0.15, 0.2) is 5.50 Å². The fourth-order valence-electron chi connectivity index (χ4n) is 4.45. The van der Waals surface area contributed by atoms with Crippen molar-refractivity contribution in [3.63, 3.8) is 0 Å². The Morgan fingerprint density at radius 3 is 2.73 bits per heavy atom. The average Bonchev–Trinajstić information content (AvgIpc) is 3.14. The van der Waals surface area contributed by atoms with Gasteiger partial charge in [0.25, 0.3) is 5.91 Å². The number of carbonyl (C=O) groups is 1. The number of alkyl halides is 4. The lowest BCUT2D eigenvalue weighted by molar-refractivity contribution is -0.0688. The lowest BCUT2D eigenvalue weighted by Crippen LogP contribution is -2.32. The summed E-state index contributed by atoms with van der Waals surface area (Å²) in [7, 11) is 1.61. The molecule has 2 aromatic heterocycles. The number of nitrogens with two attached hydrogens (primary N) is 1. The molecule has 4 N–H and O–H groups in total. The van der Waals surface area contributed by atoms with Crippen molar-refractivity contribution in [2.45, 2.75) is 44.0 Å². The summed E-state index contributed by atoms with van der Waals surface area (Å²) in [5.41, 5.74) is 4.16. The number of anilines is 2. The second kappa shape index (κ2) is 12.5. The van der Waals surface area contributed by atoms with Gasteiger partial charge in [-0.1, -0.05) is 24.8 Å². The molecule has 0 aliphatic carbocycles. The molecule has 0 saturated carbocycles. The number of aryl methyl sites for hydroxylation is 1. The Morgan fingerprint density at radius 2 is 2.07 bits per heavy atom. The highest BCUT2D eigenvalue weighted by Gasteiger charge is 2.35. The highest BCUT2D eigenvalue weighted by Crippen LogP contribution is 2.38. The standard InChI is InChI=1S/C28H33F4N7OS/c1-16(2)39-12-10-23(25(29)41-15-39)37-22-9-5-8-19-20(22)13-18(36-24(19)17(3)28(30,31)32)7-6-11-34-27(40)21-14-35-38(4)26(21)33/h5-9,13-14,16,23,25,37H,3,10-12,15,33H2,1-2,4H3,(H,34,40)/b7-6+/t23-,25+/m1/s1. The first-order valence-corrected chi connectivity index (χ1v) is 14.1. The van der Waals surface area contributed by atoms with Crippen molar-refractivity contribution in [3.05, 3.63) is 60.1 Å². The SMILES string of the molecule is C=C(c1nc(/C=C/CNC(=O)c2cnn(C)c2N)cc2c(N[C@@H]3CCN(C(C)C)CS[C@@H]3F)cccc12)C(F)(F)F. The van der Waals surface area contributed by atoms with E-state index in [1.807, 2.05) is 0 Å². The molecule has 13 heteroatoms. The molecular formula is C28H33F4N7OS. The summed E-state index contributed by atoms with van der Waals surface area (Å²) in [5, 5.41) is 10.5. The average molecular weight is 592 g/mol. The number of hydrogen-bond donors (Lipinski definition) is 3. The largest absolute Gasteiger partial charge is 0.417 e. The van der Waals surface area contributed by atoms with Crippen LogP contribution in [0, 0.1) is 0 Å². The van der Waals surface area contributed by atoms with Gasteiger partial charge in [-0.3, -0.25) is 14.4 Å². The summed E-state index contributed by atoms with van der Waals surface area (Å²) in [4.78, 5) is 18.8. The molecule has 1 aliphatic heterocycles. The van der Waals surface area contributed by atoms with Crippen molar-refractivity contribution in [1.29, 1.82) is 0 Å². The van der Waals surface area contributed by atoms with Crippen LogP contribution in [0.3, 0.4) is 0 Å². The number of amides is 1. The number of pyridine rings is 1. The van der Waals surface area contributed by atoms with Crippen molar-refractivity contribution in [3.8, 4) is 0 Å². The molecule has 1 fully saturated rings. The van der Waals surface area contributed by atoms with Crippen LogP contribution in [0.25, 0.3) is 22.4 Å². The number of benzene rings is 1. The first-order valence-electron chi connectivity index (χ1n) is 13.1. The van der Waals surface area contributed by atoms with Crippen molar-refractivity contribution in [2.24, 2.45) is 7.05 Å². The van der Waals surface area contributed by atoms with Crippen LogP contribution in [0.5, 0.6) is 0 Å². The summed E-state index contributed by atoms with van der Waals surface area (Å²) in [6.45, 7) is 8.14. The van der Waals surface area contributed by atoms with E-state index in [9.17, 15) is 18.0 Å². The van der Waals surface area contributed by atoms with E-state index >= 15 is 4.39 Å². The maximum atomic E-state index is 15.1. The summed E-state index contributed by atoms with van der Waals surface area (Å²) < 4.78 is 57.8. The minimum Gasteiger partial charge on any atom is -0.383 e. The van der Waals surface area contributed by atoms with Gasteiger partial charge in [-0.15, -0.1) is 11.8 Å². The van der Waals surface area contributed by atoms with Gasteiger partial charge in [-0.2, -0.15) is 18.3 Å². The Labute approximate surface area is 240 Å². The number of nitrogens with one attached hydrogen (secondary N) is 2. The zero-order chi connectivity index (χ0) is 29.9. The molecule has 4 rings (SSSR count). The van der Waals surface area contributed by atoms with E-state index in [1.54, 1.807) is 37.4 Å². The van der Waals surface area contributed by atoms with Gasteiger partial charge in [0.1, 0.15) is 11.4 Å². The zero-order valence-electron chi connectivity index (χ0n) is 23.0. The number of halogens is 4. The topological polar surface area (TPSA) is 101 Å². The molecule has 1 aromatic carbocycles. The van der Waals surface area contributed by atoms with E-state index in [0.29, 0.717) is 29.9 Å².